The highest BCUT2D eigenvalue weighted by Gasteiger charge is 2.36. The highest BCUT2D eigenvalue weighted by Crippen LogP contribution is 2.42. The Kier molecular flexibility index (Phi) is 7.31. The highest BCUT2D eigenvalue weighted by atomic mass is 16.2. The molecule has 3 aromatic carbocycles. The average molecular weight is 507 g/mol. The zero-order valence-corrected chi connectivity index (χ0v) is 22.2. The number of hydrogen-bond acceptors (Lipinski definition) is 2. The molecule has 6 nitrogen and oxygen atoms in total. The fourth-order valence-electron chi connectivity index (χ4n) is 5.20. The summed E-state index contributed by atoms with van der Waals surface area (Å²) in [5.74, 6) is -0.120. The lowest BCUT2D eigenvalue weighted by atomic mass is 9.97. The molecule has 0 aliphatic carbocycles. The zero-order valence-electron chi connectivity index (χ0n) is 22.2. The Hall–Kier alpha value is -4.32. The first kappa shape index (κ1) is 25.3. The van der Waals surface area contributed by atoms with Gasteiger partial charge in [0.05, 0.1) is 17.1 Å². The first-order valence-corrected chi connectivity index (χ1v) is 13.2. The van der Waals surface area contributed by atoms with Crippen LogP contribution in [0.2, 0.25) is 0 Å². The maximum absolute atomic E-state index is 14.2. The second-order valence-corrected chi connectivity index (χ2v) is 9.89. The molecule has 0 bridgehead atoms. The van der Waals surface area contributed by atoms with Crippen molar-refractivity contribution in [1.29, 1.82) is 0 Å². The van der Waals surface area contributed by atoms with Gasteiger partial charge in [0.25, 0.3) is 0 Å². The molecule has 0 saturated heterocycles. The SMILES string of the molecule is CCCCN(CC(=O)N1c2ccccc2-n2cccc2C1c1ccccc1)C(=O)Nc1ccc(C)cc1C. The minimum Gasteiger partial charge on any atom is -0.316 e. The van der Waals surface area contributed by atoms with Crippen molar-refractivity contribution in [3.63, 3.8) is 0 Å². The predicted molar refractivity (Wildman–Crippen MR) is 153 cm³/mol. The topological polar surface area (TPSA) is 57.6 Å². The number of aromatic nitrogens is 1. The Balaban J connectivity index is 1.49. The van der Waals surface area contributed by atoms with Gasteiger partial charge in [-0.05, 0) is 61.7 Å². The minimum atomic E-state index is -0.302. The third-order valence-electron chi connectivity index (χ3n) is 7.12. The fraction of sp³-hybridized carbons (Fsp3) is 0.250. The Morgan fingerprint density at radius 3 is 2.37 bits per heavy atom. The quantitative estimate of drug-likeness (QED) is 0.298. The molecular formula is C32H34N4O2. The number of unbranched alkanes of at least 4 members (excludes halogenated alkanes) is 1. The molecule has 3 amide bonds. The molecule has 0 radical (unpaired) electrons. The van der Waals surface area contributed by atoms with Crippen LogP contribution in [-0.2, 0) is 4.79 Å². The van der Waals surface area contributed by atoms with Crippen molar-refractivity contribution >= 4 is 23.3 Å². The summed E-state index contributed by atoms with van der Waals surface area (Å²) in [7, 11) is 0. The number of nitrogens with one attached hydrogen (secondary N) is 1. The number of hydrogen-bond donors (Lipinski definition) is 1. The van der Waals surface area contributed by atoms with Gasteiger partial charge in [-0.25, -0.2) is 4.79 Å². The summed E-state index contributed by atoms with van der Waals surface area (Å²) in [5.41, 5.74) is 6.72. The van der Waals surface area contributed by atoms with E-state index in [-0.39, 0.29) is 24.5 Å². The number of rotatable bonds is 7. The maximum atomic E-state index is 14.2. The second kappa shape index (κ2) is 11.0. The molecule has 1 atom stereocenters. The van der Waals surface area contributed by atoms with E-state index in [0.717, 1.165) is 52.3 Å². The fourth-order valence-corrected chi connectivity index (χ4v) is 5.20. The number of carbonyl (C=O) groups excluding carboxylic acids is 2. The van der Waals surface area contributed by atoms with Crippen molar-refractivity contribution < 1.29 is 9.59 Å². The standard InChI is InChI=1S/C32H34N4O2/c1-4-5-19-34(32(38)33-26-18-17-23(2)21-24(26)3)22-30(37)36-28-15-10-9-14-27(28)35-20-11-16-29(35)31(36)25-12-7-6-8-13-25/h6-18,20-21,31H,4-5,19,22H2,1-3H3,(H,33,38). The molecule has 1 unspecified atom stereocenters. The molecule has 2 heterocycles. The van der Waals surface area contributed by atoms with Crippen LogP contribution < -0.4 is 10.2 Å². The Bertz CT molecular complexity index is 1440. The van der Waals surface area contributed by atoms with E-state index < -0.39 is 0 Å². The molecule has 5 rings (SSSR count). The first-order valence-electron chi connectivity index (χ1n) is 13.2. The van der Waals surface area contributed by atoms with E-state index in [0.29, 0.717) is 6.54 Å². The predicted octanol–water partition coefficient (Wildman–Crippen LogP) is 6.86. The zero-order chi connectivity index (χ0) is 26.6. The molecule has 38 heavy (non-hydrogen) atoms. The van der Waals surface area contributed by atoms with Crippen molar-refractivity contribution in [2.24, 2.45) is 0 Å². The van der Waals surface area contributed by atoms with Crippen LogP contribution >= 0.6 is 0 Å². The van der Waals surface area contributed by atoms with E-state index in [1.807, 2.05) is 91.7 Å². The summed E-state index contributed by atoms with van der Waals surface area (Å²) in [6, 6.07) is 27.5. The average Bonchev–Trinajstić information content (AvgIpc) is 3.42. The Morgan fingerprint density at radius 2 is 1.63 bits per heavy atom. The lowest BCUT2D eigenvalue weighted by Crippen LogP contribution is -2.48. The van der Waals surface area contributed by atoms with Gasteiger partial charge in [0.2, 0.25) is 5.91 Å². The molecule has 0 spiro atoms. The van der Waals surface area contributed by atoms with Crippen LogP contribution in [0.4, 0.5) is 16.2 Å². The lowest BCUT2D eigenvalue weighted by molar-refractivity contribution is -0.119. The van der Waals surface area contributed by atoms with Crippen LogP contribution in [0.3, 0.4) is 0 Å². The maximum Gasteiger partial charge on any atom is 0.322 e. The van der Waals surface area contributed by atoms with Crippen molar-refractivity contribution in [2.75, 3.05) is 23.3 Å². The van der Waals surface area contributed by atoms with E-state index in [9.17, 15) is 9.59 Å². The molecule has 1 aliphatic rings. The van der Waals surface area contributed by atoms with Gasteiger partial charge in [0, 0.05) is 18.4 Å². The van der Waals surface area contributed by atoms with Gasteiger partial charge in [0.1, 0.15) is 12.6 Å². The monoisotopic (exact) mass is 506 g/mol. The molecular weight excluding hydrogens is 472 g/mol. The molecule has 0 fully saturated rings. The number of nitrogens with zero attached hydrogens (tertiary/aromatic N) is 3. The Morgan fingerprint density at radius 1 is 0.895 bits per heavy atom. The summed E-state index contributed by atoms with van der Waals surface area (Å²) in [6.45, 7) is 6.58. The molecule has 6 heteroatoms. The van der Waals surface area contributed by atoms with E-state index in [1.165, 1.54) is 0 Å². The van der Waals surface area contributed by atoms with Crippen LogP contribution in [0.25, 0.3) is 5.69 Å². The van der Waals surface area contributed by atoms with Crippen molar-refractivity contribution in [3.8, 4) is 5.69 Å². The van der Waals surface area contributed by atoms with E-state index in [1.54, 1.807) is 4.90 Å². The van der Waals surface area contributed by atoms with Crippen LogP contribution in [0.1, 0.15) is 48.2 Å². The van der Waals surface area contributed by atoms with Crippen molar-refractivity contribution in [3.05, 3.63) is 114 Å². The number of para-hydroxylation sites is 2. The Labute approximate surface area is 224 Å². The number of aryl methyl sites for hydroxylation is 2. The van der Waals surface area contributed by atoms with Gasteiger partial charge in [-0.1, -0.05) is 73.5 Å². The summed E-state index contributed by atoms with van der Waals surface area (Å²) in [4.78, 5) is 31.2. The molecule has 194 valence electrons. The van der Waals surface area contributed by atoms with Gasteiger partial charge < -0.3 is 14.8 Å². The van der Waals surface area contributed by atoms with Crippen molar-refractivity contribution in [2.45, 2.75) is 39.7 Å². The third kappa shape index (κ3) is 4.94. The van der Waals surface area contributed by atoms with Crippen LogP contribution in [0.15, 0.2) is 91.1 Å². The van der Waals surface area contributed by atoms with Crippen molar-refractivity contribution in [1.82, 2.24) is 9.47 Å². The largest absolute Gasteiger partial charge is 0.322 e. The van der Waals surface area contributed by atoms with Gasteiger partial charge >= 0.3 is 6.03 Å². The van der Waals surface area contributed by atoms with Gasteiger partial charge in [-0.15, -0.1) is 0 Å². The first-order chi connectivity index (χ1) is 18.5. The third-order valence-corrected chi connectivity index (χ3v) is 7.12. The summed E-state index contributed by atoms with van der Waals surface area (Å²) in [6.07, 6.45) is 3.78. The van der Waals surface area contributed by atoms with E-state index in [2.05, 4.69) is 35.0 Å². The van der Waals surface area contributed by atoms with E-state index >= 15 is 0 Å². The van der Waals surface area contributed by atoms with Crippen LogP contribution in [0, 0.1) is 13.8 Å². The van der Waals surface area contributed by atoms with E-state index in [4.69, 9.17) is 0 Å². The van der Waals surface area contributed by atoms with Gasteiger partial charge in [-0.3, -0.25) is 9.69 Å². The number of amides is 3. The summed E-state index contributed by atoms with van der Waals surface area (Å²) >= 11 is 0. The summed E-state index contributed by atoms with van der Waals surface area (Å²) < 4.78 is 2.15. The van der Waals surface area contributed by atoms with Gasteiger partial charge in [-0.2, -0.15) is 0 Å². The lowest BCUT2D eigenvalue weighted by Gasteiger charge is -2.39. The smallest absolute Gasteiger partial charge is 0.316 e. The molecule has 1 N–H and O–H groups in total. The molecule has 1 aliphatic heterocycles. The number of benzene rings is 3. The molecule has 4 aromatic rings. The normalized spacial score (nSPS) is 14.0. The second-order valence-electron chi connectivity index (χ2n) is 9.89. The number of urea groups is 1. The summed E-state index contributed by atoms with van der Waals surface area (Å²) in [5, 5.41) is 3.04. The molecule has 0 saturated carbocycles. The number of carbonyl (C=O) groups is 2. The molecule has 1 aromatic heterocycles. The van der Waals surface area contributed by atoms with Crippen LogP contribution in [0.5, 0.6) is 0 Å². The van der Waals surface area contributed by atoms with Crippen LogP contribution in [-0.4, -0.2) is 34.5 Å². The highest BCUT2D eigenvalue weighted by molar-refractivity contribution is 6.01. The number of fused-ring (bicyclic) bond motifs is 3. The minimum absolute atomic E-state index is 0.0187. The van der Waals surface area contributed by atoms with Gasteiger partial charge in [0.15, 0.2) is 0 Å². The number of anilines is 2.